The van der Waals surface area contributed by atoms with Crippen LogP contribution in [0.2, 0.25) is 0 Å². The van der Waals surface area contributed by atoms with E-state index in [-0.39, 0.29) is 0 Å². The Bertz CT molecular complexity index is 341. The summed E-state index contributed by atoms with van der Waals surface area (Å²) in [6, 6.07) is 3.29. The number of nitrogens with one attached hydrogen (secondary N) is 1. The third kappa shape index (κ3) is 3.50. The standard InChI is InChI=1S/C14H24N4/c1-3-5-12-9-18(14(4-2)8-16-12)10-13-6-7-15-11-17-13/h6-7,11-12,14,16H,3-5,8-10H2,1-2H3. The molecule has 1 fully saturated rings. The summed E-state index contributed by atoms with van der Waals surface area (Å²) in [6.07, 6.45) is 7.17. The van der Waals surface area contributed by atoms with E-state index in [4.69, 9.17) is 0 Å². The highest BCUT2D eigenvalue weighted by Gasteiger charge is 2.26. The van der Waals surface area contributed by atoms with Gasteiger partial charge in [-0.15, -0.1) is 0 Å². The molecule has 2 heterocycles. The first-order valence-electron chi connectivity index (χ1n) is 7.05. The van der Waals surface area contributed by atoms with Crippen LogP contribution in [-0.2, 0) is 6.54 Å². The summed E-state index contributed by atoms with van der Waals surface area (Å²) < 4.78 is 0. The molecule has 1 aromatic rings. The van der Waals surface area contributed by atoms with E-state index >= 15 is 0 Å². The van der Waals surface area contributed by atoms with Crippen molar-refractivity contribution in [3.63, 3.8) is 0 Å². The van der Waals surface area contributed by atoms with Crippen molar-refractivity contribution in [1.82, 2.24) is 20.2 Å². The Morgan fingerprint density at radius 2 is 2.33 bits per heavy atom. The van der Waals surface area contributed by atoms with Crippen LogP contribution in [0.4, 0.5) is 0 Å². The van der Waals surface area contributed by atoms with Gasteiger partial charge in [0.05, 0.1) is 5.69 Å². The van der Waals surface area contributed by atoms with Crippen LogP contribution in [0.5, 0.6) is 0 Å². The van der Waals surface area contributed by atoms with Gasteiger partial charge in [-0.25, -0.2) is 9.97 Å². The summed E-state index contributed by atoms with van der Waals surface area (Å²) in [5, 5.41) is 3.66. The second-order valence-electron chi connectivity index (χ2n) is 5.09. The third-order valence-electron chi connectivity index (χ3n) is 3.73. The first-order chi connectivity index (χ1) is 8.83. The fourth-order valence-corrected chi connectivity index (χ4v) is 2.69. The quantitative estimate of drug-likeness (QED) is 0.863. The molecule has 1 N–H and O–H groups in total. The van der Waals surface area contributed by atoms with Gasteiger partial charge in [0.1, 0.15) is 6.33 Å². The smallest absolute Gasteiger partial charge is 0.115 e. The SMILES string of the molecule is CCCC1CN(Cc2ccncn2)C(CC)CN1. The van der Waals surface area contributed by atoms with Gasteiger partial charge >= 0.3 is 0 Å². The van der Waals surface area contributed by atoms with E-state index in [0.717, 1.165) is 25.3 Å². The first-order valence-corrected chi connectivity index (χ1v) is 7.05. The van der Waals surface area contributed by atoms with Crippen LogP contribution in [0.15, 0.2) is 18.6 Å². The van der Waals surface area contributed by atoms with Crippen molar-refractivity contribution < 1.29 is 0 Å². The second kappa shape index (κ2) is 6.81. The van der Waals surface area contributed by atoms with Crippen molar-refractivity contribution in [3.8, 4) is 0 Å². The minimum atomic E-state index is 0.632. The van der Waals surface area contributed by atoms with E-state index in [1.807, 2.05) is 12.3 Å². The van der Waals surface area contributed by atoms with Crippen LogP contribution in [-0.4, -0.2) is 40.0 Å². The van der Waals surface area contributed by atoms with E-state index in [9.17, 15) is 0 Å². The summed E-state index contributed by atoms with van der Waals surface area (Å²) in [7, 11) is 0. The average Bonchev–Trinajstić information content (AvgIpc) is 2.41. The molecule has 1 aliphatic heterocycles. The van der Waals surface area contributed by atoms with Crippen molar-refractivity contribution >= 4 is 0 Å². The van der Waals surface area contributed by atoms with Gasteiger partial charge in [-0.3, -0.25) is 4.90 Å². The van der Waals surface area contributed by atoms with Gasteiger partial charge in [0.25, 0.3) is 0 Å². The molecule has 100 valence electrons. The van der Waals surface area contributed by atoms with E-state index in [1.54, 1.807) is 6.33 Å². The van der Waals surface area contributed by atoms with Gasteiger partial charge < -0.3 is 5.32 Å². The van der Waals surface area contributed by atoms with Crippen LogP contribution < -0.4 is 5.32 Å². The summed E-state index contributed by atoms with van der Waals surface area (Å²) >= 11 is 0. The normalized spacial score (nSPS) is 25.2. The molecular formula is C14H24N4. The van der Waals surface area contributed by atoms with E-state index in [1.165, 1.54) is 19.3 Å². The number of hydrogen-bond acceptors (Lipinski definition) is 4. The van der Waals surface area contributed by atoms with Crippen molar-refractivity contribution in [3.05, 3.63) is 24.3 Å². The molecule has 0 radical (unpaired) electrons. The lowest BCUT2D eigenvalue weighted by atomic mass is 10.0. The molecule has 1 aromatic heterocycles. The van der Waals surface area contributed by atoms with E-state index in [0.29, 0.717) is 12.1 Å². The largest absolute Gasteiger partial charge is 0.311 e. The maximum Gasteiger partial charge on any atom is 0.115 e. The van der Waals surface area contributed by atoms with Crippen LogP contribution in [0.25, 0.3) is 0 Å². The Labute approximate surface area is 110 Å². The van der Waals surface area contributed by atoms with Crippen molar-refractivity contribution in [2.24, 2.45) is 0 Å². The lowest BCUT2D eigenvalue weighted by molar-refractivity contribution is 0.114. The summed E-state index contributed by atoms with van der Waals surface area (Å²) in [6.45, 7) is 7.70. The highest BCUT2D eigenvalue weighted by atomic mass is 15.2. The van der Waals surface area contributed by atoms with Gasteiger partial charge in [0.15, 0.2) is 0 Å². The Hall–Kier alpha value is -1.00. The Morgan fingerprint density at radius 3 is 3.00 bits per heavy atom. The van der Waals surface area contributed by atoms with Gasteiger partial charge in [0, 0.05) is 37.9 Å². The first kappa shape index (κ1) is 13.4. The maximum atomic E-state index is 4.34. The number of hydrogen-bond donors (Lipinski definition) is 1. The van der Waals surface area contributed by atoms with Gasteiger partial charge in [-0.05, 0) is 18.9 Å². The lowest BCUT2D eigenvalue weighted by Crippen LogP contribution is -2.55. The van der Waals surface area contributed by atoms with Crippen LogP contribution in [0.1, 0.15) is 38.8 Å². The maximum absolute atomic E-state index is 4.34. The number of aromatic nitrogens is 2. The molecule has 1 aliphatic rings. The molecule has 2 atom stereocenters. The third-order valence-corrected chi connectivity index (χ3v) is 3.73. The summed E-state index contributed by atoms with van der Waals surface area (Å²) in [5.41, 5.74) is 1.13. The second-order valence-corrected chi connectivity index (χ2v) is 5.09. The minimum absolute atomic E-state index is 0.632. The fourth-order valence-electron chi connectivity index (χ4n) is 2.69. The predicted octanol–water partition coefficient (Wildman–Crippen LogP) is 1.83. The Kier molecular flexibility index (Phi) is 5.08. The molecule has 4 heteroatoms. The predicted molar refractivity (Wildman–Crippen MR) is 73.2 cm³/mol. The molecule has 0 bridgehead atoms. The van der Waals surface area contributed by atoms with Gasteiger partial charge in [-0.2, -0.15) is 0 Å². The van der Waals surface area contributed by atoms with Crippen LogP contribution in [0, 0.1) is 0 Å². The minimum Gasteiger partial charge on any atom is -0.311 e. The molecule has 1 saturated heterocycles. The summed E-state index contributed by atoms with van der Waals surface area (Å²) in [5.74, 6) is 0. The highest BCUT2D eigenvalue weighted by molar-refractivity contribution is 4.99. The van der Waals surface area contributed by atoms with Crippen LogP contribution in [0.3, 0.4) is 0 Å². The van der Waals surface area contributed by atoms with Gasteiger partial charge in [0.2, 0.25) is 0 Å². The highest BCUT2D eigenvalue weighted by Crippen LogP contribution is 2.15. The Balaban J connectivity index is 1.98. The summed E-state index contributed by atoms with van der Waals surface area (Å²) in [4.78, 5) is 10.9. The average molecular weight is 248 g/mol. The topological polar surface area (TPSA) is 41.1 Å². The molecular weight excluding hydrogens is 224 g/mol. The van der Waals surface area contributed by atoms with E-state index < -0.39 is 0 Å². The molecule has 2 rings (SSSR count). The molecule has 0 aromatic carbocycles. The van der Waals surface area contributed by atoms with Crippen molar-refractivity contribution in [2.45, 2.75) is 51.7 Å². The van der Waals surface area contributed by atoms with Gasteiger partial charge in [-0.1, -0.05) is 20.3 Å². The Morgan fingerprint density at radius 1 is 1.44 bits per heavy atom. The molecule has 0 saturated carbocycles. The van der Waals surface area contributed by atoms with Crippen LogP contribution >= 0.6 is 0 Å². The molecule has 0 amide bonds. The van der Waals surface area contributed by atoms with Crippen molar-refractivity contribution in [1.29, 1.82) is 0 Å². The zero-order chi connectivity index (χ0) is 12.8. The fraction of sp³-hybridized carbons (Fsp3) is 0.714. The molecule has 4 nitrogen and oxygen atoms in total. The van der Waals surface area contributed by atoms with Crippen molar-refractivity contribution in [2.75, 3.05) is 13.1 Å². The molecule has 0 spiro atoms. The van der Waals surface area contributed by atoms with E-state index in [2.05, 4.69) is 34.0 Å². The molecule has 2 unspecified atom stereocenters. The zero-order valence-corrected chi connectivity index (χ0v) is 11.5. The lowest BCUT2D eigenvalue weighted by Gasteiger charge is -2.40. The molecule has 18 heavy (non-hydrogen) atoms. The number of rotatable bonds is 5. The number of nitrogens with zero attached hydrogens (tertiary/aromatic N) is 3. The number of piperazine rings is 1. The zero-order valence-electron chi connectivity index (χ0n) is 11.5. The molecule has 0 aliphatic carbocycles. The monoisotopic (exact) mass is 248 g/mol.